The lowest BCUT2D eigenvalue weighted by Gasteiger charge is -2.26. The number of nitrogens with zero attached hydrogens (tertiary/aromatic N) is 1. The fourth-order valence-electron chi connectivity index (χ4n) is 3.38. The number of nitrogen functional groups attached to an aromatic ring is 1. The molecule has 3 rings (SSSR count). The predicted octanol–water partition coefficient (Wildman–Crippen LogP) is 1.50. The van der Waals surface area contributed by atoms with E-state index in [-0.39, 0.29) is 23.1 Å². The third-order valence-electron chi connectivity index (χ3n) is 4.82. The molecule has 28 heavy (non-hydrogen) atoms. The van der Waals surface area contributed by atoms with Crippen LogP contribution in [-0.2, 0) is 14.3 Å². The molecule has 0 aliphatic carbocycles. The first-order valence-electron chi connectivity index (χ1n) is 8.88. The summed E-state index contributed by atoms with van der Waals surface area (Å²) in [6.07, 6.45) is 0.0621. The first-order chi connectivity index (χ1) is 13.5. The molecule has 0 bridgehead atoms. The number of hydrogen-bond acceptors (Lipinski definition) is 6. The molecule has 5 N–H and O–H groups in total. The lowest BCUT2D eigenvalue weighted by atomic mass is 10.1. The topological polar surface area (TPSA) is 128 Å². The van der Waals surface area contributed by atoms with Crippen LogP contribution in [0.5, 0.6) is 0 Å². The normalized spacial score (nSPS) is 17.6. The molecule has 0 spiro atoms. The average molecular weight is 382 g/mol. The molecule has 1 heterocycles. The molecule has 1 aliphatic rings. The lowest BCUT2D eigenvalue weighted by molar-refractivity contribution is -0.143. The van der Waals surface area contributed by atoms with Gasteiger partial charge in [0.05, 0.1) is 22.9 Å². The van der Waals surface area contributed by atoms with Crippen LogP contribution in [-0.4, -0.2) is 36.3 Å². The standard InChI is InChI=1S/C20H22N4O4/c21-17-15(18(22)26)7-4-8-16(17)23-19(27)14-9-10-24(11-14)20(28-12-25)13-5-2-1-3-6-13/h1-8,12,14,20H,9-11,21H2,(H2,22,26)(H,23,27). The van der Waals surface area contributed by atoms with E-state index >= 15 is 0 Å². The summed E-state index contributed by atoms with van der Waals surface area (Å²) in [5, 5.41) is 2.77. The smallest absolute Gasteiger partial charge is 0.294 e. The first kappa shape index (κ1) is 19.4. The second-order valence-electron chi connectivity index (χ2n) is 6.60. The minimum absolute atomic E-state index is 0.143. The van der Waals surface area contributed by atoms with Gasteiger partial charge in [-0.25, -0.2) is 0 Å². The van der Waals surface area contributed by atoms with Crippen molar-refractivity contribution in [1.29, 1.82) is 0 Å². The van der Waals surface area contributed by atoms with Crippen LogP contribution in [0.15, 0.2) is 48.5 Å². The van der Waals surface area contributed by atoms with E-state index in [0.29, 0.717) is 31.7 Å². The number of amides is 2. The van der Waals surface area contributed by atoms with Gasteiger partial charge in [0.25, 0.3) is 12.4 Å². The van der Waals surface area contributed by atoms with Crippen LogP contribution in [0.1, 0.15) is 28.6 Å². The van der Waals surface area contributed by atoms with Gasteiger partial charge in [-0.2, -0.15) is 0 Å². The van der Waals surface area contributed by atoms with E-state index in [4.69, 9.17) is 16.2 Å². The van der Waals surface area contributed by atoms with Crippen LogP contribution in [0.3, 0.4) is 0 Å². The van der Waals surface area contributed by atoms with Crippen LogP contribution in [0.4, 0.5) is 11.4 Å². The van der Waals surface area contributed by atoms with E-state index in [9.17, 15) is 14.4 Å². The Hall–Kier alpha value is -3.39. The highest BCUT2D eigenvalue weighted by Crippen LogP contribution is 2.30. The molecule has 0 radical (unpaired) electrons. The second kappa shape index (κ2) is 8.53. The van der Waals surface area contributed by atoms with Crippen molar-refractivity contribution in [3.8, 4) is 0 Å². The van der Waals surface area contributed by atoms with Gasteiger partial charge in [0.2, 0.25) is 5.91 Å². The number of ether oxygens (including phenoxy) is 1. The molecule has 1 aliphatic heterocycles. The van der Waals surface area contributed by atoms with Gasteiger partial charge in [0.1, 0.15) is 0 Å². The zero-order valence-electron chi connectivity index (χ0n) is 15.2. The third-order valence-corrected chi connectivity index (χ3v) is 4.82. The number of anilines is 2. The van der Waals surface area contributed by atoms with E-state index in [2.05, 4.69) is 5.32 Å². The third kappa shape index (κ3) is 4.12. The predicted molar refractivity (Wildman–Crippen MR) is 104 cm³/mol. The minimum Gasteiger partial charge on any atom is -0.444 e. The highest BCUT2D eigenvalue weighted by atomic mass is 16.5. The zero-order valence-corrected chi connectivity index (χ0v) is 15.2. The molecule has 146 valence electrons. The summed E-state index contributed by atoms with van der Waals surface area (Å²) in [6.45, 7) is 1.44. The largest absolute Gasteiger partial charge is 0.444 e. The highest BCUT2D eigenvalue weighted by Gasteiger charge is 2.34. The molecule has 8 heteroatoms. The van der Waals surface area contributed by atoms with Gasteiger partial charge in [-0.3, -0.25) is 19.3 Å². The molecule has 1 fully saturated rings. The number of carbonyl (C=O) groups excluding carboxylic acids is 3. The summed E-state index contributed by atoms with van der Waals surface area (Å²) in [4.78, 5) is 37.0. The fraction of sp³-hybridized carbons (Fsp3) is 0.250. The van der Waals surface area contributed by atoms with Crippen molar-refractivity contribution in [3.63, 3.8) is 0 Å². The summed E-state index contributed by atoms with van der Waals surface area (Å²) in [6, 6.07) is 14.1. The van der Waals surface area contributed by atoms with E-state index in [1.165, 1.54) is 6.07 Å². The van der Waals surface area contributed by atoms with E-state index < -0.39 is 12.1 Å². The molecule has 8 nitrogen and oxygen atoms in total. The van der Waals surface area contributed by atoms with Gasteiger partial charge in [0, 0.05) is 18.7 Å². The molecule has 2 amide bonds. The Morgan fingerprint density at radius 2 is 1.93 bits per heavy atom. The number of para-hydroxylation sites is 1. The summed E-state index contributed by atoms with van der Waals surface area (Å²) >= 11 is 0. The zero-order chi connectivity index (χ0) is 20.1. The Bertz CT molecular complexity index is 872. The van der Waals surface area contributed by atoms with Crippen molar-refractivity contribution in [1.82, 2.24) is 4.90 Å². The minimum atomic E-state index is -0.655. The van der Waals surface area contributed by atoms with Crippen molar-refractivity contribution in [2.24, 2.45) is 11.7 Å². The van der Waals surface area contributed by atoms with E-state index in [1.807, 2.05) is 35.2 Å². The maximum Gasteiger partial charge on any atom is 0.294 e. The average Bonchev–Trinajstić information content (AvgIpc) is 3.18. The van der Waals surface area contributed by atoms with Crippen LogP contribution < -0.4 is 16.8 Å². The number of carbonyl (C=O) groups is 3. The Labute approximate surface area is 162 Å². The number of nitrogens with one attached hydrogen (secondary N) is 1. The first-order valence-corrected chi connectivity index (χ1v) is 8.88. The molecule has 0 saturated carbocycles. The molecule has 2 unspecified atom stereocenters. The monoisotopic (exact) mass is 382 g/mol. The van der Waals surface area contributed by atoms with Gasteiger partial charge in [-0.05, 0) is 18.6 Å². The maximum atomic E-state index is 12.7. The lowest BCUT2D eigenvalue weighted by Crippen LogP contribution is -2.31. The van der Waals surface area contributed by atoms with Crippen molar-refractivity contribution < 1.29 is 19.1 Å². The van der Waals surface area contributed by atoms with Gasteiger partial charge in [-0.15, -0.1) is 0 Å². The van der Waals surface area contributed by atoms with Gasteiger partial charge < -0.3 is 21.5 Å². The van der Waals surface area contributed by atoms with E-state index in [1.54, 1.807) is 12.1 Å². The number of likely N-dealkylation sites (tertiary alicyclic amines) is 1. The SMILES string of the molecule is NC(=O)c1cccc(NC(=O)C2CCN(C(OC=O)c3ccccc3)C2)c1N. The fourth-order valence-corrected chi connectivity index (χ4v) is 3.38. The van der Waals surface area contributed by atoms with Crippen molar-refractivity contribution in [2.45, 2.75) is 12.6 Å². The Morgan fingerprint density at radius 1 is 1.18 bits per heavy atom. The number of nitrogens with two attached hydrogens (primary N) is 2. The Balaban J connectivity index is 1.69. The molecule has 2 aromatic rings. The molecular weight excluding hydrogens is 360 g/mol. The summed E-state index contributed by atoms with van der Waals surface area (Å²) in [5.41, 5.74) is 12.7. The van der Waals surface area contributed by atoms with Crippen LogP contribution in [0, 0.1) is 5.92 Å². The molecule has 2 atom stereocenters. The maximum absolute atomic E-state index is 12.7. The summed E-state index contributed by atoms with van der Waals surface area (Å²) in [5.74, 6) is -1.18. The summed E-state index contributed by atoms with van der Waals surface area (Å²) in [7, 11) is 0. The van der Waals surface area contributed by atoms with Gasteiger partial charge in [-0.1, -0.05) is 36.4 Å². The molecule has 2 aromatic carbocycles. The van der Waals surface area contributed by atoms with Crippen molar-refractivity contribution >= 4 is 29.7 Å². The summed E-state index contributed by atoms with van der Waals surface area (Å²) < 4.78 is 5.26. The molecule has 1 saturated heterocycles. The number of benzene rings is 2. The van der Waals surface area contributed by atoms with Crippen LogP contribution >= 0.6 is 0 Å². The Kier molecular flexibility index (Phi) is 5.90. The Morgan fingerprint density at radius 3 is 2.61 bits per heavy atom. The number of hydrogen-bond donors (Lipinski definition) is 3. The molecular formula is C20H22N4O4. The van der Waals surface area contributed by atoms with Gasteiger partial charge >= 0.3 is 0 Å². The number of rotatable bonds is 7. The number of primary amides is 1. The van der Waals surface area contributed by atoms with Crippen molar-refractivity contribution in [2.75, 3.05) is 24.1 Å². The van der Waals surface area contributed by atoms with Crippen LogP contribution in [0.25, 0.3) is 0 Å². The quantitative estimate of drug-likeness (QED) is 0.492. The van der Waals surface area contributed by atoms with Crippen LogP contribution in [0.2, 0.25) is 0 Å². The molecule has 0 aromatic heterocycles. The van der Waals surface area contributed by atoms with Crippen molar-refractivity contribution in [3.05, 3.63) is 59.7 Å². The highest BCUT2D eigenvalue weighted by molar-refractivity contribution is 6.04. The van der Waals surface area contributed by atoms with Gasteiger partial charge in [0.15, 0.2) is 6.23 Å². The second-order valence-corrected chi connectivity index (χ2v) is 6.60. The van der Waals surface area contributed by atoms with E-state index in [0.717, 1.165) is 5.56 Å².